The van der Waals surface area contributed by atoms with Crippen LogP contribution in [-0.4, -0.2) is 37.1 Å². The fourth-order valence-electron chi connectivity index (χ4n) is 3.37. The van der Waals surface area contributed by atoms with E-state index in [0.717, 1.165) is 12.0 Å². The van der Waals surface area contributed by atoms with Gasteiger partial charge in [-0.05, 0) is 18.3 Å². The van der Waals surface area contributed by atoms with Crippen LogP contribution < -0.4 is 5.32 Å². The monoisotopic (exact) mass is 224 g/mol. The quantitative estimate of drug-likeness (QED) is 0.790. The molecular formula is C14H28N2. The molecule has 1 heterocycles. The fraction of sp³-hybridized carbons (Fsp3) is 1.00. The third-order valence-corrected chi connectivity index (χ3v) is 4.26. The lowest BCUT2D eigenvalue weighted by molar-refractivity contribution is -0.0107. The Balaban J connectivity index is 1.64. The van der Waals surface area contributed by atoms with E-state index in [-0.39, 0.29) is 0 Å². The first-order chi connectivity index (χ1) is 7.70. The lowest BCUT2D eigenvalue weighted by Gasteiger charge is -2.50. The van der Waals surface area contributed by atoms with E-state index in [4.69, 9.17) is 0 Å². The summed E-state index contributed by atoms with van der Waals surface area (Å²) in [6.07, 6.45) is 8.94. The molecule has 0 radical (unpaired) electrons. The van der Waals surface area contributed by atoms with Crippen LogP contribution >= 0.6 is 0 Å². The zero-order chi connectivity index (χ0) is 11.4. The molecule has 1 saturated heterocycles. The van der Waals surface area contributed by atoms with E-state index in [2.05, 4.69) is 24.1 Å². The SMILES string of the molecule is CC(C)NCCN1CC2(CCCCCC2)C1. The van der Waals surface area contributed by atoms with Gasteiger partial charge in [0.15, 0.2) is 0 Å². The van der Waals surface area contributed by atoms with Crippen molar-refractivity contribution in [1.82, 2.24) is 10.2 Å². The Kier molecular flexibility index (Phi) is 4.26. The minimum absolute atomic E-state index is 0.633. The van der Waals surface area contributed by atoms with E-state index >= 15 is 0 Å². The van der Waals surface area contributed by atoms with E-state index < -0.39 is 0 Å². The number of nitrogens with one attached hydrogen (secondary N) is 1. The Bertz CT molecular complexity index is 197. The van der Waals surface area contributed by atoms with Crippen molar-refractivity contribution in [3.05, 3.63) is 0 Å². The molecule has 2 fully saturated rings. The Morgan fingerprint density at radius 3 is 2.25 bits per heavy atom. The second-order valence-electron chi connectivity index (χ2n) is 6.23. The summed E-state index contributed by atoms with van der Waals surface area (Å²) < 4.78 is 0. The van der Waals surface area contributed by atoms with Crippen LogP contribution in [0.2, 0.25) is 0 Å². The van der Waals surface area contributed by atoms with Crippen LogP contribution in [-0.2, 0) is 0 Å². The first kappa shape index (κ1) is 12.4. The lowest BCUT2D eigenvalue weighted by Crippen LogP contribution is -2.57. The van der Waals surface area contributed by atoms with Crippen molar-refractivity contribution in [3.63, 3.8) is 0 Å². The summed E-state index contributed by atoms with van der Waals surface area (Å²) in [7, 11) is 0. The van der Waals surface area contributed by atoms with Crippen molar-refractivity contribution in [2.75, 3.05) is 26.2 Å². The lowest BCUT2D eigenvalue weighted by atomic mass is 9.73. The van der Waals surface area contributed by atoms with Crippen molar-refractivity contribution in [2.45, 2.75) is 58.4 Å². The molecule has 94 valence electrons. The molecule has 1 spiro atoms. The van der Waals surface area contributed by atoms with Gasteiger partial charge in [-0.1, -0.05) is 39.5 Å². The third kappa shape index (κ3) is 3.21. The molecule has 2 nitrogen and oxygen atoms in total. The van der Waals surface area contributed by atoms with E-state index in [0.29, 0.717) is 6.04 Å². The van der Waals surface area contributed by atoms with Gasteiger partial charge in [-0.15, -0.1) is 0 Å². The van der Waals surface area contributed by atoms with E-state index in [1.165, 1.54) is 58.2 Å². The van der Waals surface area contributed by atoms with Crippen LogP contribution in [0.15, 0.2) is 0 Å². The van der Waals surface area contributed by atoms with Gasteiger partial charge in [0, 0.05) is 32.2 Å². The number of nitrogens with zero attached hydrogens (tertiary/aromatic N) is 1. The summed E-state index contributed by atoms with van der Waals surface area (Å²) in [5.41, 5.74) is 0.744. The van der Waals surface area contributed by atoms with Crippen LogP contribution in [0.25, 0.3) is 0 Å². The normalized spacial score (nSPS) is 25.7. The Morgan fingerprint density at radius 1 is 1.06 bits per heavy atom. The van der Waals surface area contributed by atoms with Gasteiger partial charge < -0.3 is 10.2 Å². The summed E-state index contributed by atoms with van der Waals surface area (Å²) >= 11 is 0. The number of rotatable bonds is 4. The van der Waals surface area contributed by atoms with Gasteiger partial charge >= 0.3 is 0 Å². The van der Waals surface area contributed by atoms with Crippen molar-refractivity contribution < 1.29 is 0 Å². The molecule has 2 rings (SSSR count). The number of hydrogen-bond acceptors (Lipinski definition) is 2. The van der Waals surface area contributed by atoms with Crippen LogP contribution in [0, 0.1) is 5.41 Å². The standard InChI is InChI=1S/C14H28N2/c1-13(2)15-9-10-16-11-14(12-16)7-5-3-4-6-8-14/h13,15H,3-12H2,1-2H3. The van der Waals surface area contributed by atoms with Gasteiger partial charge in [-0.2, -0.15) is 0 Å². The second-order valence-corrected chi connectivity index (χ2v) is 6.23. The molecule has 0 amide bonds. The number of likely N-dealkylation sites (tertiary alicyclic amines) is 1. The Hall–Kier alpha value is -0.0800. The molecule has 1 aliphatic heterocycles. The summed E-state index contributed by atoms with van der Waals surface area (Å²) in [5.74, 6) is 0. The third-order valence-electron chi connectivity index (χ3n) is 4.26. The van der Waals surface area contributed by atoms with Gasteiger partial charge in [0.05, 0.1) is 0 Å². The van der Waals surface area contributed by atoms with Crippen molar-refractivity contribution in [1.29, 1.82) is 0 Å². The maximum Gasteiger partial charge on any atom is 0.0107 e. The molecule has 1 N–H and O–H groups in total. The average Bonchev–Trinajstić information content (AvgIpc) is 2.41. The smallest absolute Gasteiger partial charge is 0.0107 e. The summed E-state index contributed by atoms with van der Waals surface area (Å²) in [6, 6.07) is 0.633. The van der Waals surface area contributed by atoms with Gasteiger partial charge in [0.25, 0.3) is 0 Å². The van der Waals surface area contributed by atoms with Crippen LogP contribution in [0.5, 0.6) is 0 Å². The topological polar surface area (TPSA) is 15.3 Å². The Labute approximate surface area is 101 Å². The number of hydrogen-bond donors (Lipinski definition) is 1. The van der Waals surface area contributed by atoms with Gasteiger partial charge in [-0.25, -0.2) is 0 Å². The molecule has 0 unspecified atom stereocenters. The molecule has 0 aromatic rings. The van der Waals surface area contributed by atoms with Crippen LogP contribution in [0.3, 0.4) is 0 Å². The maximum atomic E-state index is 3.51. The van der Waals surface area contributed by atoms with Gasteiger partial charge in [0.2, 0.25) is 0 Å². The predicted molar refractivity (Wildman–Crippen MR) is 69.7 cm³/mol. The zero-order valence-electron chi connectivity index (χ0n) is 11.1. The fourth-order valence-corrected chi connectivity index (χ4v) is 3.37. The molecule has 0 atom stereocenters. The average molecular weight is 224 g/mol. The minimum Gasteiger partial charge on any atom is -0.313 e. The summed E-state index contributed by atoms with van der Waals surface area (Å²) in [6.45, 7) is 9.62. The highest BCUT2D eigenvalue weighted by atomic mass is 15.2. The highest BCUT2D eigenvalue weighted by Crippen LogP contribution is 2.42. The van der Waals surface area contributed by atoms with Crippen LogP contribution in [0.4, 0.5) is 0 Å². The molecular weight excluding hydrogens is 196 g/mol. The van der Waals surface area contributed by atoms with Crippen molar-refractivity contribution in [3.8, 4) is 0 Å². The second kappa shape index (κ2) is 5.50. The molecule has 0 bridgehead atoms. The molecule has 1 saturated carbocycles. The highest BCUT2D eigenvalue weighted by molar-refractivity contribution is 4.95. The maximum absolute atomic E-state index is 3.51. The molecule has 1 aliphatic carbocycles. The molecule has 0 aromatic carbocycles. The summed E-state index contributed by atoms with van der Waals surface area (Å²) in [5, 5.41) is 3.51. The molecule has 0 aromatic heterocycles. The largest absolute Gasteiger partial charge is 0.313 e. The highest BCUT2D eigenvalue weighted by Gasteiger charge is 2.41. The van der Waals surface area contributed by atoms with E-state index in [9.17, 15) is 0 Å². The van der Waals surface area contributed by atoms with Gasteiger partial charge in [-0.3, -0.25) is 0 Å². The molecule has 2 heteroatoms. The minimum atomic E-state index is 0.633. The van der Waals surface area contributed by atoms with E-state index in [1.54, 1.807) is 0 Å². The van der Waals surface area contributed by atoms with Crippen molar-refractivity contribution in [2.24, 2.45) is 5.41 Å². The van der Waals surface area contributed by atoms with Crippen LogP contribution in [0.1, 0.15) is 52.4 Å². The molecule has 2 aliphatic rings. The van der Waals surface area contributed by atoms with Gasteiger partial charge in [0.1, 0.15) is 0 Å². The first-order valence-corrected chi connectivity index (χ1v) is 7.16. The Morgan fingerprint density at radius 2 is 1.69 bits per heavy atom. The zero-order valence-corrected chi connectivity index (χ0v) is 11.1. The van der Waals surface area contributed by atoms with Crippen molar-refractivity contribution >= 4 is 0 Å². The summed E-state index contributed by atoms with van der Waals surface area (Å²) in [4.78, 5) is 2.64. The van der Waals surface area contributed by atoms with E-state index in [1.807, 2.05) is 0 Å². The first-order valence-electron chi connectivity index (χ1n) is 7.16. The predicted octanol–water partition coefficient (Wildman–Crippen LogP) is 2.64. The molecule has 16 heavy (non-hydrogen) atoms.